The van der Waals surface area contributed by atoms with E-state index in [2.05, 4.69) is 16.8 Å². The topological polar surface area (TPSA) is 54.3 Å². The summed E-state index contributed by atoms with van der Waals surface area (Å²) in [6.45, 7) is 8.65. The van der Waals surface area contributed by atoms with Crippen LogP contribution in [0.5, 0.6) is 0 Å². The number of anilines is 1. The zero-order chi connectivity index (χ0) is 19.9. The Balaban J connectivity index is 2.09. The summed E-state index contributed by atoms with van der Waals surface area (Å²) in [5.41, 5.74) is 4.23. The Morgan fingerprint density at radius 2 is 1.93 bits per heavy atom. The molecule has 0 aliphatic carbocycles. The summed E-state index contributed by atoms with van der Waals surface area (Å²) in [5, 5.41) is 3.18. The zero-order valence-electron chi connectivity index (χ0n) is 15.6. The molecule has 1 aliphatic rings. The predicted molar refractivity (Wildman–Crippen MR) is 112 cm³/mol. The Bertz CT molecular complexity index is 1010. The molecule has 1 aromatic heterocycles. The largest absolute Gasteiger partial charge is 0.349 e. The molecule has 3 rings (SSSR count). The molecule has 2 aromatic rings. The molecule has 27 heavy (non-hydrogen) atoms. The number of halogens is 1. The molecule has 7 heteroatoms. The highest BCUT2D eigenvalue weighted by atomic mass is 35.5. The number of benzene rings is 1. The van der Waals surface area contributed by atoms with Crippen molar-refractivity contribution in [3.63, 3.8) is 0 Å². The number of aromatic nitrogens is 1. The first-order valence-electron chi connectivity index (χ1n) is 8.59. The van der Waals surface area contributed by atoms with Crippen molar-refractivity contribution >= 4 is 52.5 Å². The fourth-order valence-electron chi connectivity index (χ4n) is 3.33. The molecule has 1 N–H and O–H groups in total. The summed E-state index contributed by atoms with van der Waals surface area (Å²) in [5.74, 6) is -0.961. The van der Waals surface area contributed by atoms with E-state index in [-0.39, 0.29) is 10.7 Å². The Morgan fingerprint density at radius 3 is 2.56 bits per heavy atom. The number of carbonyl (C=O) groups is 2. The van der Waals surface area contributed by atoms with Crippen LogP contribution in [0.4, 0.5) is 5.69 Å². The highest BCUT2D eigenvalue weighted by molar-refractivity contribution is 7.80. The van der Waals surface area contributed by atoms with E-state index in [1.165, 1.54) is 4.90 Å². The molecule has 140 valence electrons. The normalized spacial score (nSPS) is 16.3. The number of thiocarbonyl (C=S) groups is 1. The molecule has 0 atom stereocenters. The summed E-state index contributed by atoms with van der Waals surface area (Å²) >= 11 is 11.4. The van der Waals surface area contributed by atoms with E-state index in [4.69, 9.17) is 23.8 Å². The Labute approximate surface area is 168 Å². The van der Waals surface area contributed by atoms with Gasteiger partial charge in [-0.15, -0.1) is 0 Å². The number of nitrogens with zero attached hydrogens (tertiary/aromatic N) is 2. The Kier molecular flexibility index (Phi) is 5.22. The monoisotopic (exact) mass is 401 g/mol. The van der Waals surface area contributed by atoms with Crippen LogP contribution in [-0.2, 0) is 16.1 Å². The molecule has 1 aliphatic heterocycles. The number of aryl methyl sites for hydroxylation is 1. The minimum atomic E-state index is -0.498. The van der Waals surface area contributed by atoms with Crippen LogP contribution in [0.3, 0.4) is 0 Å². The fraction of sp³-hybridized carbons (Fsp3) is 0.250. The van der Waals surface area contributed by atoms with E-state index < -0.39 is 11.8 Å². The van der Waals surface area contributed by atoms with Crippen molar-refractivity contribution in [2.45, 2.75) is 34.2 Å². The van der Waals surface area contributed by atoms with Gasteiger partial charge < -0.3 is 4.57 Å². The van der Waals surface area contributed by atoms with Crippen LogP contribution in [0.1, 0.15) is 29.4 Å². The van der Waals surface area contributed by atoms with Crippen molar-refractivity contribution in [3.8, 4) is 0 Å². The van der Waals surface area contributed by atoms with Crippen molar-refractivity contribution in [2.24, 2.45) is 0 Å². The fourth-order valence-corrected chi connectivity index (χ4v) is 3.77. The van der Waals surface area contributed by atoms with Crippen LogP contribution in [0.2, 0.25) is 5.02 Å². The first-order valence-corrected chi connectivity index (χ1v) is 9.38. The van der Waals surface area contributed by atoms with Crippen LogP contribution >= 0.6 is 23.8 Å². The highest BCUT2D eigenvalue weighted by Gasteiger charge is 2.35. The highest BCUT2D eigenvalue weighted by Crippen LogP contribution is 2.30. The molecule has 0 saturated carbocycles. The first-order chi connectivity index (χ1) is 12.8. The van der Waals surface area contributed by atoms with Crippen LogP contribution < -0.4 is 10.2 Å². The molecular weight excluding hydrogens is 382 g/mol. The lowest BCUT2D eigenvalue weighted by Gasteiger charge is -2.30. The van der Waals surface area contributed by atoms with Crippen LogP contribution in [0.15, 0.2) is 29.8 Å². The standard InChI is InChI=1S/C20H20ClN3O2S/c1-5-23-11(2)9-14(13(23)4)10-15-18(25)22-20(27)24(19(15)26)17-8-6-7-16(21)12(17)3/h6-10H,5H2,1-4H3,(H,22,25,27)/b15-10+. The van der Waals surface area contributed by atoms with E-state index in [9.17, 15) is 9.59 Å². The van der Waals surface area contributed by atoms with Crippen molar-refractivity contribution in [3.05, 3.63) is 57.4 Å². The molecule has 1 fully saturated rings. The number of hydrogen-bond donors (Lipinski definition) is 1. The lowest BCUT2D eigenvalue weighted by atomic mass is 10.1. The molecule has 5 nitrogen and oxygen atoms in total. The van der Waals surface area contributed by atoms with Gasteiger partial charge in [-0.3, -0.25) is 19.8 Å². The minimum Gasteiger partial charge on any atom is -0.349 e. The van der Waals surface area contributed by atoms with Gasteiger partial charge in [-0.05, 0) is 75.3 Å². The second-order valence-electron chi connectivity index (χ2n) is 6.41. The van der Waals surface area contributed by atoms with E-state index in [1.807, 2.05) is 26.8 Å². The second-order valence-corrected chi connectivity index (χ2v) is 7.21. The average molecular weight is 402 g/mol. The van der Waals surface area contributed by atoms with Gasteiger partial charge >= 0.3 is 0 Å². The molecule has 1 saturated heterocycles. The third-order valence-electron chi connectivity index (χ3n) is 4.81. The number of hydrogen-bond acceptors (Lipinski definition) is 3. The van der Waals surface area contributed by atoms with Crippen molar-refractivity contribution in [1.29, 1.82) is 0 Å². The molecule has 0 unspecified atom stereocenters. The number of amides is 2. The van der Waals surface area contributed by atoms with Gasteiger partial charge in [0, 0.05) is 23.0 Å². The lowest BCUT2D eigenvalue weighted by Crippen LogP contribution is -2.54. The SMILES string of the molecule is CCn1c(C)cc(/C=C2\C(=O)NC(=S)N(c3cccc(Cl)c3C)C2=O)c1C. The van der Waals surface area contributed by atoms with Crippen LogP contribution in [-0.4, -0.2) is 21.5 Å². The summed E-state index contributed by atoms with van der Waals surface area (Å²) in [7, 11) is 0. The third-order valence-corrected chi connectivity index (χ3v) is 5.50. The summed E-state index contributed by atoms with van der Waals surface area (Å²) < 4.78 is 2.13. The predicted octanol–water partition coefficient (Wildman–Crippen LogP) is 3.92. The van der Waals surface area contributed by atoms with Gasteiger partial charge in [0.15, 0.2) is 5.11 Å². The molecule has 2 amide bonds. The van der Waals surface area contributed by atoms with Crippen LogP contribution in [0.25, 0.3) is 6.08 Å². The summed E-state index contributed by atoms with van der Waals surface area (Å²) in [6.07, 6.45) is 1.63. The molecule has 1 aromatic carbocycles. The van der Waals surface area contributed by atoms with E-state index in [1.54, 1.807) is 24.3 Å². The number of rotatable bonds is 3. The smallest absolute Gasteiger partial charge is 0.270 e. The third kappa shape index (κ3) is 3.31. The maximum absolute atomic E-state index is 13.1. The molecule has 0 radical (unpaired) electrons. The second kappa shape index (κ2) is 7.29. The average Bonchev–Trinajstić information content (AvgIpc) is 2.88. The first kappa shape index (κ1) is 19.3. The maximum Gasteiger partial charge on any atom is 0.270 e. The summed E-state index contributed by atoms with van der Waals surface area (Å²) in [6, 6.07) is 7.21. The van der Waals surface area contributed by atoms with Crippen LogP contribution in [0, 0.1) is 20.8 Å². The molecular formula is C20H20ClN3O2S. The maximum atomic E-state index is 13.1. The van der Waals surface area contributed by atoms with Gasteiger partial charge in [-0.1, -0.05) is 17.7 Å². The quantitative estimate of drug-likeness (QED) is 0.482. The van der Waals surface area contributed by atoms with Gasteiger partial charge in [0.25, 0.3) is 11.8 Å². The molecule has 0 bridgehead atoms. The van der Waals surface area contributed by atoms with E-state index in [0.717, 1.165) is 29.1 Å². The van der Waals surface area contributed by atoms with Crippen molar-refractivity contribution in [2.75, 3.05) is 4.90 Å². The zero-order valence-corrected chi connectivity index (χ0v) is 17.2. The Morgan fingerprint density at radius 1 is 1.22 bits per heavy atom. The van der Waals surface area contributed by atoms with Crippen molar-refractivity contribution < 1.29 is 9.59 Å². The lowest BCUT2D eigenvalue weighted by molar-refractivity contribution is -0.122. The van der Waals surface area contributed by atoms with E-state index >= 15 is 0 Å². The van der Waals surface area contributed by atoms with Gasteiger partial charge in [-0.2, -0.15) is 0 Å². The van der Waals surface area contributed by atoms with Gasteiger partial charge in [0.05, 0.1) is 5.69 Å². The summed E-state index contributed by atoms with van der Waals surface area (Å²) in [4.78, 5) is 26.9. The van der Waals surface area contributed by atoms with E-state index in [0.29, 0.717) is 10.7 Å². The number of nitrogens with one attached hydrogen (secondary N) is 1. The Hall–Kier alpha value is -2.44. The minimum absolute atomic E-state index is 0.0410. The molecule has 0 spiro atoms. The number of carbonyl (C=O) groups excluding carboxylic acids is 2. The molecule has 2 heterocycles. The van der Waals surface area contributed by atoms with Gasteiger partial charge in [-0.25, -0.2) is 0 Å². The van der Waals surface area contributed by atoms with Crippen molar-refractivity contribution in [1.82, 2.24) is 9.88 Å². The van der Waals surface area contributed by atoms with Gasteiger partial charge in [0.2, 0.25) is 0 Å². The van der Waals surface area contributed by atoms with Gasteiger partial charge in [0.1, 0.15) is 5.57 Å².